The predicted octanol–water partition coefficient (Wildman–Crippen LogP) is 5.99. The predicted molar refractivity (Wildman–Crippen MR) is 101 cm³/mol. The fourth-order valence-corrected chi connectivity index (χ4v) is 2.35. The average Bonchev–Trinajstić information content (AvgIpc) is 2.62. The summed E-state index contributed by atoms with van der Waals surface area (Å²) in [5.74, 6) is 0. The molecule has 3 heteroatoms. The monoisotopic (exact) mass is 323 g/mol. The van der Waals surface area contributed by atoms with Gasteiger partial charge in [0, 0.05) is 0 Å². The molecule has 0 aliphatic rings. The molecular formula is C21H25NO2. The maximum absolute atomic E-state index is 11.9. The third-order valence-electron chi connectivity index (χ3n) is 3.68. The molecule has 0 aromatic heterocycles. The van der Waals surface area contributed by atoms with Gasteiger partial charge in [-0.3, -0.25) is 5.32 Å². The van der Waals surface area contributed by atoms with Crippen molar-refractivity contribution in [1.29, 1.82) is 0 Å². The Hall–Kier alpha value is -2.55. The maximum atomic E-state index is 11.9. The Labute approximate surface area is 144 Å². The number of unbranched alkanes of at least 4 members (excludes halogenated alkanes) is 3. The molecule has 126 valence electrons. The van der Waals surface area contributed by atoms with Gasteiger partial charge in [-0.05, 0) is 23.6 Å². The summed E-state index contributed by atoms with van der Waals surface area (Å²) >= 11 is 0. The van der Waals surface area contributed by atoms with E-state index in [1.165, 1.54) is 12.8 Å². The van der Waals surface area contributed by atoms with Crippen LogP contribution in [0.2, 0.25) is 0 Å². The van der Waals surface area contributed by atoms with Gasteiger partial charge >= 0.3 is 6.09 Å². The van der Waals surface area contributed by atoms with Crippen molar-refractivity contribution in [3.8, 4) is 0 Å². The average molecular weight is 323 g/mol. The molecule has 0 bridgehead atoms. The van der Waals surface area contributed by atoms with Gasteiger partial charge in [0.25, 0.3) is 0 Å². The number of para-hydroxylation sites is 1. The number of benzene rings is 2. The van der Waals surface area contributed by atoms with Gasteiger partial charge in [0.15, 0.2) is 0 Å². The number of rotatable bonds is 8. The van der Waals surface area contributed by atoms with Crippen LogP contribution in [-0.4, -0.2) is 12.7 Å². The van der Waals surface area contributed by atoms with E-state index >= 15 is 0 Å². The second-order valence-electron chi connectivity index (χ2n) is 5.65. The topological polar surface area (TPSA) is 38.3 Å². The zero-order valence-electron chi connectivity index (χ0n) is 14.2. The van der Waals surface area contributed by atoms with Crippen molar-refractivity contribution in [2.75, 3.05) is 11.9 Å². The molecule has 1 amide bonds. The van der Waals surface area contributed by atoms with Gasteiger partial charge in [-0.25, -0.2) is 4.79 Å². The number of hydrogen-bond acceptors (Lipinski definition) is 2. The Morgan fingerprint density at radius 1 is 0.958 bits per heavy atom. The summed E-state index contributed by atoms with van der Waals surface area (Å²) in [6.45, 7) is 2.63. The van der Waals surface area contributed by atoms with Crippen LogP contribution in [0.4, 0.5) is 10.5 Å². The molecule has 2 rings (SSSR count). The molecule has 0 spiro atoms. The van der Waals surface area contributed by atoms with Crippen molar-refractivity contribution in [3.63, 3.8) is 0 Å². The molecule has 0 radical (unpaired) electrons. The minimum absolute atomic E-state index is 0.396. The lowest BCUT2D eigenvalue weighted by molar-refractivity contribution is 0.159. The van der Waals surface area contributed by atoms with E-state index in [1.807, 2.05) is 66.7 Å². The minimum Gasteiger partial charge on any atom is -0.449 e. The first-order valence-electron chi connectivity index (χ1n) is 8.55. The van der Waals surface area contributed by atoms with E-state index in [0.717, 1.165) is 29.7 Å². The molecule has 0 aliphatic carbocycles. The Balaban J connectivity index is 1.91. The number of carbonyl (C=O) groups is 1. The van der Waals surface area contributed by atoms with Crippen molar-refractivity contribution >= 4 is 23.9 Å². The molecule has 3 nitrogen and oxygen atoms in total. The third-order valence-corrected chi connectivity index (χ3v) is 3.68. The Morgan fingerprint density at radius 3 is 2.50 bits per heavy atom. The van der Waals surface area contributed by atoms with Crippen LogP contribution in [0, 0.1) is 0 Å². The first-order chi connectivity index (χ1) is 11.8. The Bertz CT molecular complexity index is 650. The van der Waals surface area contributed by atoms with Gasteiger partial charge in [-0.2, -0.15) is 0 Å². The molecule has 24 heavy (non-hydrogen) atoms. The number of ether oxygens (including phenoxy) is 1. The second kappa shape index (κ2) is 10.3. The molecular weight excluding hydrogens is 298 g/mol. The lowest BCUT2D eigenvalue weighted by atomic mass is 10.1. The molecule has 1 N–H and O–H groups in total. The van der Waals surface area contributed by atoms with E-state index in [1.54, 1.807) is 0 Å². The fraction of sp³-hybridized carbons (Fsp3) is 0.286. The molecule has 0 aliphatic heterocycles. The highest BCUT2D eigenvalue weighted by Gasteiger charge is 2.05. The number of carbonyl (C=O) groups excluding carboxylic acids is 1. The van der Waals surface area contributed by atoms with Crippen molar-refractivity contribution in [3.05, 3.63) is 65.7 Å². The number of hydrogen-bond donors (Lipinski definition) is 1. The summed E-state index contributed by atoms with van der Waals surface area (Å²) in [6.07, 6.45) is 7.98. The summed E-state index contributed by atoms with van der Waals surface area (Å²) < 4.78 is 5.24. The van der Waals surface area contributed by atoms with Crippen LogP contribution in [-0.2, 0) is 4.74 Å². The van der Waals surface area contributed by atoms with Gasteiger partial charge in [0.05, 0.1) is 12.3 Å². The zero-order valence-corrected chi connectivity index (χ0v) is 14.2. The van der Waals surface area contributed by atoms with Crippen molar-refractivity contribution in [2.45, 2.75) is 32.6 Å². The maximum Gasteiger partial charge on any atom is 0.411 e. The summed E-state index contributed by atoms with van der Waals surface area (Å²) in [5.41, 5.74) is 2.82. The van der Waals surface area contributed by atoms with Gasteiger partial charge < -0.3 is 4.74 Å². The first kappa shape index (κ1) is 17.8. The smallest absolute Gasteiger partial charge is 0.411 e. The fourth-order valence-electron chi connectivity index (χ4n) is 2.35. The highest BCUT2D eigenvalue weighted by molar-refractivity contribution is 5.89. The first-order valence-corrected chi connectivity index (χ1v) is 8.55. The summed E-state index contributed by atoms with van der Waals surface area (Å²) in [7, 11) is 0. The quantitative estimate of drug-likeness (QED) is 0.479. The van der Waals surface area contributed by atoms with Crippen molar-refractivity contribution < 1.29 is 9.53 Å². The lowest BCUT2D eigenvalue weighted by Gasteiger charge is -2.09. The number of amides is 1. The highest BCUT2D eigenvalue weighted by Crippen LogP contribution is 2.18. The van der Waals surface area contributed by atoms with Crippen LogP contribution < -0.4 is 5.32 Å². The van der Waals surface area contributed by atoms with Crippen molar-refractivity contribution in [2.24, 2.45) is 0 Å². The van der Waals surface area contributed by atoms with Crippen molar-refractivity contribution in [1.82, 2.24) is 0 Å². The summed E-state index contributed by atoms with van der Waals surface area (Å²) in [6, 6.07) is 17.8. The SMILES string of the molecule is CCCCCCOC(=O)Nc1ccccc1/C=C/c1ccccc1. The summed E-state index contributed by atoms with van der Waals surface area (Å²) in [4.78, 5) is 11.9. The molecule has 2 aromatic carbocycles. The van der Waals surface area contributed by atoms with Crippen LogP contribution >= 0.6 is 0 Å². The molecule has 0 saturated carbocycles. The van der Waals surface area contributed by atoms with E-state index in [4.69, 9.17) is 4.74 Å². The second-order valence-corrected chi connectivity index (χ2v) is 5.65. The van der Waals surface area contributed by atoms with Gasteiger partial charge in [0.2, 0.25) is 0 Å². The lowest BCUT2D eigenvalue weighted by Crippen LogP contribution is -2.15. The molecule has 0 atom stereocenters. The van der Waals surface area contributed by atoms with Crippen LogP contribution in [0.25, 0.3) is 12.2 Å². The molecule has 0 fully saturated rings. The van der Waals surface area contributed by atoms with E-state index in [-0.39, 0.29) is 0 Å². The number of nitrogens with one attached hydrogen (secondary N) is 1. The minimum atomic E-state index is -0.396. The largest absolute Gasteiger partial charge is 0.449 e. The molecule has 2 aromatic rings. The molecule has 0 heterocycles. The van der Waals surface area contributed by atoms with Crippen LogP contribution in [0.5, 0.6) is 0 Å². The van der Waals surface area contributed by atoms with Crippen LogP contribution in [0.3, 0.4) is 0 Å². The van der Waals surface area contributed by atoms with E-state index in [2.05, 4.69) is 12.2 Å². The Morgan fingerprint density at radius 2 is 1.71 bits per heavy atom. The standard InChI is InChI=1S/C21H25NO2/c1-2-3-4-10-17-24-21(23)22-20-14-9-8-13-19(20)16-15-18-11-6-5-7-12-18/h5-9,11-16H,2-4,10,17H2,1H3,(H,22,23)/b16-15+. The van der Waals surface area contributed by atoms with Crippen LogP contribution in [0.1, 0.15) is 43.7 Å². The highest BCUT2D eigenvalue weighted by atomic mass is 16.5. The van der Waals surface area contributed by atoms with Crippen LogP contribution in [0.15, 0.2) is 54.6 Å². The summed E-state index contributed by atoms with van der Waals surface area (Å²) in [5, 5.41) is 2.83. The number of anilines is 1. The van der Waals surface area contributed by atoms with Gasteiger partial charge in [-0.15, -0.1) is 0 Å². The van der Waals surface area contributed by atoms with E-state index < -0.39 is 6.09 Å². The zero-order chi connectivity index (χ0) is 17.0. The molecule has 0 saturated heterocycles. The molecule has 0 unspecified atom stereocenters. The van der Waals surface area contributed by atoms with Gasteiger partial charge in [0.1, 0.15) is 0 Å². The normalized spacial score (nSPS) is 10.7. The Kier molecular flexibility index (Phi) is 7.61. The van der Waals surface area contributed by atoms with Gasteiger partial charge in [-0.1, -0.05) is 86.9 Å². The third kappa shape index (κ3) is 6.29. The van der Waals surface area contributed by atoms with E-state index in [0.29, 0.717) is 6.61 Å². The van der Waals surface area contributed by atoms with E-state index in [9.17, 15) is 4.79 Å².